The van der Waals surface area contributed by atoms with Crippen molar-refractivity contribution in [1.82, 2.24) is 0 Å². The van der Waals surface area contributed by atoms with Crippen LogP contribution in [0, 0.1) is 0 Å². The van der Waals surface area contributed by atoms with Crippen molar-refractivity contribution in [2.24, 2.45) is 0 Å². The molecule has 0 radical (unpaired) electrons. The van der Waals surface area contributed by atoms with Crippen LogP contribution in [0.25, 0.3) is 0 Å². The summed E-state index contributed by atoms with van der Waals surface area (Å²) in [6.45, 7) is -7.14. The summed E-state index contributed by atoms with van der Waals surface area (Å²) < 4.78 is 318. The maximum absolute atomic E-state index is 13.5. The quantitative estimate of drug-likeness (QED) is 0.0934. The summed E-state index contributed by atoms with van der Waals surface area (Å²) in [6.07, 6.45) is -13.3. The van der Waals surface area contributed by atoms with Crippen LogP contribution in [0.2, 0.25) is 0 Å². The summed E-state index contributed by atoms with van der Waals surface area (Å²) in [5, 5.41) is 0. The lowest BCUT2D eigenvalue weighted by Crippen LogP contribution is -2.69. The van der Waals surface area contributed by atoms with Crippen molar-refractivity contribution in [3.63, 3.8) is 0 Å². The molecule has 0 amide bonds. The largest absolute Gasteiger partial charge is 0.456 e. The topological polar surface area (TPSA) is 52.6 Å². The molecule has 4 nitrogen and oxygen atoms in total. The standard InChI is InChI=1S/C18H8F24O4/c19-7(20)11(27,28)15(35,36)17(39,40)13(31,32)9(23,24)3-45-5(43)1-2-6(44)46-4-10(25,26)14(33,34)18(41,42)16(37,38)12(29,30)8(21)22/h1-2,7-8H,3-4H2. The number of carbonyl (C=O) groups is 2. The van der Waals surface area contributed by atoms with E-state index < -0.39 is 109 Å². The maximum Gasteiger partial charge on any atom is 0.384 e. The minimum absolute atomic E-state index is 0.809. The molecule has 0 bridgehead atoms. The second-order valence-corrected chi connectivity index (χ2v) is 8.25. The van der Waals surface area contributed by atoms with E-state index >= 15 is 0 Å². The Bertz CT molecular complexity index is 1040. The number of esters is 2. The number of hydrogen-bond donors (Lipinski definition) is 0. The van der Waals surface area contributed by atoms with Crippen molar-refractivity contribution in [2.75, 3.05) is 13.2 Å². The van der Waals surface area contributed by atoms with Crippen molar-refractivity contribution in [1.29, 1.82) is 0 Å². The van der Waals surface area contributed by atoms with Crippen molar-refractivity contribution in [3.05, 3.63) is 12.2 Å². The van der Waals surface area contributed by atoms with Crippen LogP contribution in [0.5, 0.6) is 0 Å². The molecule has 46 heavy (non-hydrogen) atoms. The van der Waals surface area contributed by atoms with E-state index in [9.17, 15) is 115 Å². The molecule has 0 rings (SSSR count). The maximum atomic E-state index is 13.5. The van der Waals surface area contributed by atoms with Gasteiger partial charge in [-0.1, -0.05) is 0 Å². The summed E-state index contributed by atoms with van der Waals surface area (Å²) in [6, 6.07) is 0. The molecule has 0 heterocycles. The highest BCUT2D eigenvalue weighted by molar-refractivity contribution is 5.91. The summed E-state index contributed by atoms with van der Waals surface area (Å²) in [5.41, 5.74) is 0. The SMILES string of the molecule is O=C(C=CC(=O)OCC(F)(F)C(F)(F)C(F)(F)C(F)(F)C(F)(F)C(F)F)OCC(F)(F)C(F)(F)C(F)(F)C(F)(F)C(F)(F)C(F)F. The van der Waals surface area contributed by atoms with Crippen LogP contribution in [0.15, 0.2) is 12.2 Å². The fourth-order valence-corrected chi connectivity index (χ4v) is 2.28. The molecule has 0 aromatic carbocycles. The van der Waals surface area contributed by atoms with E-state index in [-0.39, 0.29) is 0 Å². The monoisotopic (exact) mass is 744 g/mol. The summed E-state index contributed by atoms with van der Waals surface area (Å²) >= 11 is 0. The van der Waals surface area contributed by atoms with Crippen LogP contribution in [-0.2, 0) is 19.1 Å². The molecule has 0 saturated carbocycles. The number of rotatable bonds is 16. The first-order valence-electron chi connectivity index (χ1n) is 10.2. The minimum Gasteiger partial charge on any atom is -0.456 e. The number of alkyl halides is 24. The molecule has 272 valence electrons. The molecule has 0 unspecified atom stereocenters. The smallest absolute Gasteiger partial charge is 0.384 e. The molecular formula is C18H8F24O4. The van der Waals surface area contributed by atoms with Crippen LogP contribution < -0.4 is 0 Å². The van der Waals surface area contributed by atoms with Crippen LogP contribution >= 0.6 is 0 Å². The predicted octanol–water partition coefficient (Wildman–Crippen LogP) is 7.51. The van der Waals surface area contributed by atoms with Crippen LogP contribution in [0.3, 0.4) is 0 Å². The van der Waals surface area contributed by atoms with Gasteiger partial charge in [-0.3, -0.25) is 0 Å². The molecule has 28 heteroatoms. The Hall–Kier alpha value is -3.00. The minimum atomic E-state index is -8.06. The Kier molecular flexibility index (Phi) is 11.7. The highest BCUT2D eigenvalue weighted by Crippen LogP contribution is 2.59. The second kappa shape index (κ2) is 12.6. The van der Waals surface area contributed by atoms with E-state index in [0.29, 0.717) is 0 Å². The van der Waals surface area contributed by atoms with E-state index in [1.807, 2.05) is 0 Å². The predicted molar refractivity (Wildman–Crippen MR) is 92.5 cm³/mol. The average molecular weight is 744 g/mol. The third kappa shape index (κ3) is 6.83. The van der Waals surface area contributed by atoms with Gasteiger partial charge in [-0.25, -0.2) is 27.2 Å². The summed E-state index contributed by atoms with van der Waals surface area (Å²) in [7, 11) is 0. The molecule has 0 aliphatic rings. The van der Waals surface area contributed by atoms with Gasteiger partial charge in [0.25, 0.3) is 0 Å². The van der Waals surface area contributed by atoms with Gasteiger partial charge in [-0.2, -0.15) is 87.8 Å². The lowest BCUT2D eigenvalue weighted by atomic mass is 9.94. The zero-order valence-electron chi connectivity index (χ0n) is 20.4. The van der Waals surface area contributed by atoms with E-state index in [4.69, 9.17) is 0 Å². The lowest BCUT2D eigenvalue weighted by Gasteiger charge is -2.38. The first-order valence-corrected chi connectivity index (χ1v) is 10.2. The molecule has 0 spiro atoms. The lowest BCUT2D eigenvalue weighted by molar-refractivity contribution is -0.414. The number of ether oxygens (including phenoxy) is 2. The Labute approximate surface area is 235 Å². The molecule has 0 aromatic rings. The molecule has 0 aromatic heterocycles. The summed E-state index contributed by atoms with van der Waals surface area (Å²) in [5.74, 6) is -81.6. The first kappa shape index (κ1) is 43.0. The fourth-order valence-electron chi connectivity index (χ4n) is 2.28. The number of hydrogen-bond acceptors (Lipinski definition) is 4. The highest BCUT2D eigenvalue weighted by Gasteiger charge is 2.89. The van der Waals surface area contributed by atoms with Crippen LogP contribution in [0.1, 0.15) is 0 Å². The molecule has 0 aliphatic heterocycles. The molecule has 0 saturated heterocycles. The fraction of sp³-hybridized carbons (Fsp3) is 0.778. The van der Waals surface area contributed by atoms with Crippen molar-refractivity contribution < 1.29 is 124 Å². The Morgan fingerprint density at radius 3 is 0.826 bits per heavy atom. The second-order valence-electron chi connectivity index (χ2n) is 8.25. The normalized spacial score (nSPS) is 15.6. The Morgan fingerprint density at radius 1 is 0.413 bits per heavy atom. The highest BCUT2D eigenvalue weighted by atomic mass is 19.4. The van der Waals surface area contributed by atoms with Gasteiger partial charge in [0, 0.05) is 12.2 Å². The first-order chi connectivity index (χ1) is 19.9. The molecular weight excluding hydrogens is 736 g/mol. The summed E-state index contributed by atoms with van der Waals surface area (Å²) in [4.78, 5) is 22.3. The average Bonchev–Trinajstić information content (AvgIpc) is 2.88. The van der Waals surface area contributed by atoms with E-state index in [1.165, 1.54) is 0 Å². The van der Waals surface area contributed by atoms with E-state index in [2.05, 4.69) is 9.47 Å². The van der Waals surface area contributed by atoms with Gasteiger partial charge in [0.15, 0.2) is 13.2 Å². The van der Waals surface area contributed by atoms with Gasteiger partial charge >= 0.3 is 84.0 Å². The van der Waals surface area contributed by atoms with Gasteiger partial charge in [-0.15, -0.1) is 0 Å². The van der Waals surface area contributed by atoms with Gasteiger partial charge < -0.3 is 9.47 Å². The van der Waals surface area contributed by atoms with E-state index in [0.717, 1.165) is 0 Å². The van der Waals surface area contributed by atoms with E-state index in [1.54, 1.807) is 0 Å². The zero-order chi connectivity index (χ0) is 37.6. The third-order valence-electron chi connectivity index (χ3n) is 5.03. The zero-order valence-corrected chi connectivity index (χ0v) is 20.4. The Balaban J connectivity index is 5.72. The van der Waals surface area contributed by atoms with Crippen molar-refractivity contribution in [2.45, 2.75) is 72.1 Å². The van der Waals surface area contributed by atoms with Gasteiger partial charge in [0.2, 0.25) is 0 Å². The van der Waals surface area contributed by atoms with Crippen LogP contribution in [0.4, 0.5) is 105 Å². The molecule has 0 atom stereocenters. The van der Waals surface area contributed by atoms with Crippen LogP contribution in [-0.4, -0.2) is 97.2 Å². The van der Waals surface area contributed by atoms with Gasteiger partial charge in [0.1, 0.15) is 0 Å². The van der Waals surface area contributed by atoms with Gasteiger partial charge in [0.05, 0.1) is 0 Å². The molecule has 0 aliphatic carbocycles. The molecule has 0 N–H and O–H groups in total. The number of halogens is 24. The van der Waals surface area contributed by atoms with Gasteiger partial charge in [-0.05, 0) is 0 Å². The van der Waals surface area contributed by atoms with Crippen molar-refractivity contribution >= 4 is 11.9 Å². The van der Waals surface area contributed by atoms with Crippen molar-refractivity contribution in [3.8, 4) is 0 Å². The Morgan fingerprint density at radius 2 is 0.630 bits per heavy atom. The number of carbonyl (C=O) groups excluding carboxylic acids is 2. The molecule has 0 fully saturated rings. The third-order valence-corrected chi connectivity index (χ3v) is 5.03.